The highest BCUT2D eigenvalue weighted by atomic mass is 79.9. The van der Waals surface area contributed by atoms with E-state index in [0.29, 0.717) is 17.6 Å². The van der Waals surface area contributed by atoms with Crippen molar-refractivity contribution in [2.75, 3.05) is 18.9 Å². The molecule has 1 heterocycles. The van der Waals surface area contributed by atoms with E-state index in [1.807, 2.05) is 0 Å². The van der Waals surface area contributed by atoms with Crippen LogP contribution in [0.4, 0.5) is 11.4 Å². The van der Waals surface area contributed by atoms with Gasteiger partial charge in [0, 0.05) is 34.7 Å². The molecule has 1 aliphatic heterocycles. The van der Waals surface area contributed by atoms with E-state index < -0.39 is 0 Å². The molecule has 0 spiro atoms. The summed E-state index contributed by atoms with van der Waals surface area (Å²) in [5.74, 6) is 0. The second-order valence-electron chi connectivity index (χ2n) is 5.57. The summed E-state index contributed by atoms with van der Waals surface area (Å²) >= 11 is 3.49. The molecule has 110 valence electrons. The van der Waals surface area contributed by atoms with E-state index in [9.17, 15) is 10.1 Å². The molecule has 2 unspecified atom stereocenters. The van der Waals surface area contributed by atoms with Gasteiger partial charge in [0.05, 0.1) is 10.6 Å². The third-order valence-corrected chi connectivity index (χ3v) is 4.71. The molecule has 1 N–H and O–H groups in total. The van der Waals surface area contributed by atoms with Crippen LogP contribution in [0.25, 0.3) is 0 Å². The maximum absolute atomic E-state index is 11.0. The van der Waals surface area contributed by atoms with Crippen LogP contribution in [-0.4, -0.2) is 35.5 Å². The van der Waals surface area contributed by atoms with E-state index in [0.717, 1.165) is 29.5 Å². The van der Waals surface area contributed by atoms with Crippen molar-refractivity contribution < 1.29 is 4.92 Å². The van der Waals surface area contributed by atoms with E-state index >= 15 is 0 Å². The number of likely N-dealkylation sites (tertiary alicyclic amines) is 1. The number of hydrogen-bond acceptors (Lipinski definition) is 4. The van der Waals surface area contributed by atoms with Gasteiger partial charge < -0.3 is 10.2 Å². The first-order valence-corrected chi connectivity index (χ1v) is 7.59. The van der Waals surface area contributed by atoms with Crippen LogP contribution in [0.2, 0.25) is 0 Å². The number of nitro benzene ring substituents is 1. The highest BCUT2D eigenvalue weighted by molar-refractivity contribution is 9.10. The summed E-state index contributed by atoms with van der Waals surface area (Å²) in [6.07, 6.45) is 2.10. The average Bonchev–Trinajstić information content (AvgIpc) is 2.36. The Bertz CT molecular complexity index is 521. The van der Waals surface area contributed by atoms with Gasteiger partial charge in [-0.3, -0.25) is 10.1 Å². The molecule has 1 saturated heterocycles. The number of hydrogen-bond donors (Lipinski definition) is 1. The summed E-state index contributed by atoms with van der Waals surface area (Å²) < 4.78 is 0.882. The molecule has 2 rings (SSSR count). The number of anilines is 1. The van der Waals surface area contributed by atoms with Crippen molar-refractivity contribution in [2.45, 2.75) is 38.8 Å². The van der Waals surface area contributed by atoms with Crippen molar-refractivity contribution in [1.29, 1.82) is 0 Å². The smallest absolute Gasteiger partial charge is 0.274 e. The lowest BCUT2D eigenvalue weighted by Gasteiger charge is -2.36. The number of halogens is 1. The summed E-state index contributed by atoms with van der Waals surface area (Å²) in [6.45, 7) is 5.01. The van der Waals surface area contributed by atoms with Crippen molar-refractivity contribution in [3.63, 3.8) is 0 Å². The molecule has 1 aliphatic rings. The zero-order valence-electron chi connectivity index (χ0n) is 12.0. The van der Waals surface area contributed by atoms with Crippen molar-refractivity contribution in [1.82, 2.24) is 4.90 Å². The van der Waals surface area contributed by atoms with Crippen molar-refractivity contribution in [2.24, 2.45) is 0 Å². The zero-order valence-corrected chi connectivity index (χ0v) is 13.6. The first kappa shape index (κ1) is 15.3. The van der Waals surface area contributed by atoms with Crippen LogP contribution in [0.1, 0.15) is 25.3 Å². The van der Waals surface area contributed by atoms with E-state index in [-0.39, 0.29) is 10.6 Å². The molecule has 6 heteroatoms. The Morgan fingerprint density at radius 3 is 2.80 bits per heavy atom. The Morgan fingerprint density at radius 2 is 2.20 bits per heavy atom. The second-order valence-corrected chi connectivity index (χ2v) is 6.43. The summed E-state index contributed by atoms with van der Waals surface area (Å²) in [5, 5.41) is 14.5. The zero-order chi connectivity index (χ0) is 14.9. The molecule has 0 bridgehead atoms. The van der Waals surface area contributed by atoms with Gasteiger partial charge in [0.2, 0.25) is 0 Å². The van der Waals surface area contributed by atoms with Gasteiger partial charge in [0.1, 0.15) is 0 Å². The predicted octanol–water partition coefficient (Wildman–Crippen LogP) is 3.56. The highest BCUT2D eigenvalue weighted by Crippen LogP contribution is 2.32. The molecule has 1 aromatic rings. The molecular formula is C14H20BrN3O2. The molecule has 0 amide bonds. The maximum Gasteiger partial charge on any atom is 0.274 e. The number of rotatable bonds is 3. The second kappa shape index (κ2) is 6.10. The molecule has 0 radical (unpaired) electrons. The van der Waals surface area contributed by atoms with E-state index in [1.54, 1.807) is 19.1 Å². The number of nitro groups is 1. The normalized spacial score (nSPS) is 23.6. The fourth-order valence-corrected chi connectivity index (χ4v) is 3.18. The van der Waals surface area contributed by atoms with Gasteiger partial charge in [-0.1, -0.05) is 0 Å². The monoisotopic (exact) mass is 341 g/mol. The summed E-state index contributed by atoms with van der Waals surface area (Å²) in [5.41, 5.74) is 1.64. The highest BCUT2D eigenvalue weighted by Gasteiger charge is 2.24. The maximum atomic E-state index is 11.0. The third-order valence-electron chi connectivity index (χ3n) is 4.05. The van der Waals surface area contributed by atoms with Crippen LogP contribution in [0.3, 0.4) is 0 Å². The molecule has 1 fully saturated rings. The number of aryl methyl sites for hydroxylation is 1. The van der Waals surface area contributed by atoms with Crippen LogP contribution >= 0.6 is 15.9 Å². The molecule has 20 heavy (non-hydrogen) atoms. The van der Waals surface area contributed by atoms with E-state index in [4.69, 9.17) is 0 Å². The minimum Gasteiger partial charge on any atom is -0.381 e. The van der Waals surface area contributed by atoms with Gasteiger partial charge in [-0.05, 0) is 55.7 Å². The van der Waals surface area contributed by atoms with Crippen molar-refractivity contribution >= 4 is 27.3 Å². The largest absolute Gasteiger partial charge is 0.381 e. The SMILES string of the molecule is Cc1cc(Br)c(NC2CCN(C)C(C)C2)cc1[N+](=O)[O-]. The summed E-state index contributed by atoms with van der Waals surface area (Å²) in [6, 6.07) is 4.32. The Hall–Kier alpha value is -1.14. The molecular weight excluding hydrogens is 322 g/mol. The topological polar surface area (TPSA) is 58.4 Å². The number of nitrogens with zero attached hydrogens (tertiary/aromatic N) is 2. The molecule has 2 atom stereocenters. The standard InChI is InChI=1S/C14H20BrN3O2/c1-9-6-12(15)13(8-14(9)18(19)20)16-11-4-5-17(3)10(2)7-11/h6,8,10-11,16H,4-5,7H2,1-3H3. The van der Waals surface area contributed by atoms with Crippen molar-refractivity contribution in [3.05, 3.63) is 32.3 Å². The minimum absolute atomic E-state index is 0.164. The lowest BCUT2D eigenvalue weighted by molar-refractivity contribution is -0.385. The fraction of sp³-hybridized carbons (Fsp3) is 0.571. The number of nitrogens with one attached hydrogen (secondary N) is 1. The number of benzene rings is 1. The Morgan fingerprint density at radius 1 is 1.50 bits per heavy atom. The first-order valence-electron chi connectivity index (χ1n) is 6.79. The minimum atomic E-state index is -0.329. The van der Waals surface area contributed by atoms with Gasteiger partial charge in [0.15, 0.2) is 0 Å². The van der Waals surface area contributed by atoms with Gasteiger partial charge >= 0.3 is 0 Å². The van der Waals surface area contributed by atoms with Crippen LogP contribution in [0.5, 0.6) is 0 Å². The fourth-order valence-electron chi connectivity index (χ4n) is 2.61. The first-order chi connectivity index (χ1) is 9.38. The van der Waals surface area contributed by atoms with Gasteiger partial charge in [-0.25, -0.2) is 0 Å². The molecule has 0 aliphatic carbocycles. The Kier molecular flexibility index (Phi) is 4.65. The van der Waals surface area contributed by atoms with Crippen molar-refractivity contribution in [3.8, 4) is 0 Å². The Balaban J connectivity index is 2.17. The number of piperidine rings is 1. The molecule has 5 nitrogen and oxygen atoms in total. The Labute approximate surface area is 127 Å². The van der Waals surface area contributed by atoms with Crippen LogP contribution in [-0.2, 0) is 0 Å². The molecule has 0 aromatic heterocycles. The predicted molar refractivity (Wildman–Crippen MR) is 84.3 cm³/mol. The van der Waals surface area contributed by atoms with Crippen LogP contribution in [0.15, 0.2) is 16.6 Å². The van der Waals surface area contributed by atoms with Gasteiger partial charge in [-0.15, -0.1) is 0 Å². The molecule has 0 saturated carbocycles. The van der Waals surface area contributed by atoms with Gasteiger partial charge in [0.25, 0.3) is 5.69 Å². The third kappa shape index (κ3) is 3.30. The average molecular weight is 342 g/mol. The molecule has 1 aromatic carbocycles. The van der Waals surface area contributed by atoms with Crippen LogP contribution < -0.4 is 5.32 Å². The van der Waals surface area contributed by atoms with Crippen LogP contribution in [0, 0.1) is 17.0 Å². The van der Waals surface area contributed by atoms with E-state index in [1.165, 1.54) is 0 Å². The summed E-state index contributed by atoms with van der Waals surface area (Å²) in [7, 11) is 2.13. The summed E-state index contributed by atoms with van der Waals surface area (Å²) in [4.78, 5) is 13.0. The lowest BCUT2D eigenvalue weighted by atomic mass is 9.98. The van der Waals surface area contributed by atoms with Gasteiger partial charge in [-0.2, -0.15) is 0 Å². The quantitative estimate of drug-likeness (QED) is 0.674. The van der Waals surface area contributed by atoms with E-state index in [2.05, 4.69) is 40.1 Å². The lowest BCUT2D eigenvalue weighted by Crippen LogP contribution is -2.42.